The molecule has 0 unspecified atom stereocenters. The number of nitrogens with zero attached hydrogens (tertiary/aromatic N) is 2. The second-order valence-corrected chi connectivity index (χ2v) is 5.31. The van der Waals surface area contributed by atoms with E-state index in [0.29, 0.717) is 31.7 Å². The quantitative estimate of drug-likeness (QED) is 0.793. The van der Waals surface area contributed by atoms with Crippen LogP contribution in [0.1, 0.15) is 22.8 Å². The van der Waals surface area contributed by atoms with Crippen molar-refractivity contribution >= 4 is 24.4 Å². The Morgan fingerprint density at radius 3 is 2.26 bits per heavy atom. The molecule has 2 rings (SSSR count). The molecule has 0 radical (unpaired) electrons. The summed E-state index contributed by atoms with van der Waals surface area (Å²) in [5.74, 6) is 0.0947. The molecule has 0 aromatic heterocycles. The Morgan fingerprint density at radius 1 is 1.11 bits per heavy atom. The Labute approximate surface area is 118 Å². The molecule has 19 heavy (non-hydrogen) atoms. The Kier molecular flexibility index (Phi) is 4.14. The fourth-order valence-corrected chi connectivity index (χ4v) is 2.44. The lowest BCUT2D eigenvalue weighted by molar-refractivity contribution is -0.130. The fraction of sp³-hybridized carbons (Fsp3) is 0.429. The number of carbonyl (C=O) groups is 2. The van der Waals surface area contributed by atoms with Crippen molar-refractivity contribution in [2.75, 3.05) is 26.2 Å². The topological polar surface area (TPSA) is 40.6 Å². The second-order valence-electron chi connectivity index (χ2n) is 4.80. The standard InChI is InChI=1S/C14H18N2O2S/c1-10-3-4-12(19)9-13(10)14(18)16-7-5-15(6-8-16)11(2)17/h3-4,9,19H,5-8H2,1-2H3. The van der Waals surface area contributed by atoms with E-state index >= 15 is 0 Å². The fourth-order valence-electron chi connectivity index (χ4n) is 2.24. The zero-order valence-corrected chi connectivity index (χ0v) is 12.1. The highest BCUT2D eigenvalue weighted by molar-refractivity contribution is 7.80. The van der Waals surface area contributed by atoms with Gasteiger partial charge in [0.15, 0.2) is 0 Å². The zero-order chi connectivity index (χ0) is 14.0. The van der Waals surface area contributed by atoms with E-state index in [9.17, 15) is 9.59 Å². The maximum atomic E-state index is 12.4. The molecule has 0 N–H and O–H groups in total. The number of carbonyl (C=O) groups excluding carboxylic acids is 2. The van der Waals surface area contributed by atoms with E-state index in [1.807, 2.05) is 19.1 Å². The first-order valence-electron chi connectivity index (χ1n) is 6.33. The van der Waals surface area contributed by atoms with Crippen LogP contribution >= 0.6 is 12.6 Å². The molecule has 0 aliphatic carbocycles. The van der Waals surface area contributed by atoms with Crippen molar-refractivity contribution in [2.45, 2.75) is 18.7 Å². The van der Waals surface area contributed by atoms with Crippen molar-refractivity contribution < 1.29 is 9.59 Å². The number of aryl methyl sites for hydroxylation is 1. The summed E-state index contributed by atoms with van der Waals surface area (Å²) in [4.78, 5) is 28.1. The van der Waals surface area contributed by atoms with Crippen molar-refractivity contribution in [3.05, 3.63) is 29.3 Å². The minimum atomic E-state index is 0.0246. The molecule has 5 heteroatoms. The number of amides is 2. The van der Waals surface area contributed by atoms with Gasteiger partial charge in [-0.3, -0.25) is 9.59 Å². The van der Waals surface area contributed by atoms with Gasteiger partial charge in [-0.05, 0) is 24.6 Å². The number of hydrogen-bond acceptors (Lipinski definition) is 3. The van der Waals surface area contributed by atoms with Crippen molar-refractivity contribution in [1.82, 2.24) is 9.80 Å². The van der Waals surface area contributed by atoms with E-state index in [4.69, 9.17) is 0 Å². The zero-order valence-electron chi connectivity index (χ0n) is 11.2. The van der Waals surface area contributed by atoms with Crippen molar-refractivity contribution in [1.29, 1.82) is 0 Å². The first-order chi connectivity index (χ1) is 8.99. The van der Waals surface area contributed by atoms with Crippen LogP contribution in [0, 0.1) is 6.92 Å². The third kappa shape index (κ3) is 3.10. The van der Waals surface area contributed by atoms with E-state index in [2.05, 4.69) is 12.6 Å². The van der Waals surface area contributed by atoms with Gasteiger partial charge in [0, 0.05) is 43.6 Å². The summed E-state index contributed by atoms with van der Waals surface area (Å²) < 4.78 is 0. The molecule has 2 amide bonds. The highest BCUT2D eigenvalue weighted by Gasteiger charge is 2.24. The SMILES string of the molecule is CC(=O)N1CCN(C(=O)c2cc(S)ccc2C)CC1. The minimum absolute atomic E-state index is 0.0246. The van der Waals surface area contributed by atoms with Crippen LogP contribution in [0.25, 0.3) is 0 Å². The first kappa shape index (κ1) is 13.9. The Hall–Kier alpha value is -1.49. The lowest BCUT2D eigenvalue weighted by Gasteiger charge is -2.34. The minimum Gasteiger partial charge on any atom is -0.339 e. The second kappa shape index (κ2) is 5.65. The molecule has 1 aliphatic heterocycles. The molecule has 1 heterocycles. The molecule has 4 nitrogen and oxygen atoms in total. The summed E-state index contributed by atoms with van der Waals surface area (Å²) in [7, 11) is 0. The smallest absolute Gasteiger partial charge is 0.254 e. The highest BCUT2D eigenvalue weighted by atomic mass is 32.1. The van der Waals surface area contributed by atoms with E-state index in [1.54, 1.807) is 22.8 Å². The summed E-state index contributed by atoms with van der Waals surface area (Å²) in [6.07, 6.45) is 0. The predicted molar refractivity (Wildman–Crippen MR) is 76.6 cm³/mol. The lowest BCUT2D eigenvalue weighted by Crippen LogP contribution is -2.50. The Balaban J connectivity index is 2.09. The predicted octanol–water partition coefficient (Wildman–Crippen LogP) is 1.59. The Morgan fingerprint density at radius 2 is 1.68 bits per heavy atom. The molecular formula is C14H18N2O2S. The maximum Gasteiger partial charge on any atom is 0.254 e. The van der Waals surface area contributed by atoms with Crippen LogP contribution in [0.4, 0.5) is 0 Å². The van der Waals surface area contributed by atoms with Gasteiger partial charge in [-0.1, -0.05) is 6.07 Å². The number of rotatable bonds is 1. The number of piperazine rings is 1. The third-order valence-corrected chi connectivity index (χ3v) is 3.74. The number of benzene rings is 1. The molecule has 1 aliphatic rings. The molecular weight excluding hydrogens is 260 g/mol. The lowest BCUT2D eigenvalue weighted by atomic mass is 10.1. The van der Waals surface area contributed by atoms with E-state index in [0.717, 1.165) is 10.5 Å². The summed E-state index contributed by atoms with van der Waals surface area (Å²) >= 11 is 4.28. The molecule has 0 spiro atoms. The summed E-state index contributed by atoms with van der Waals surface area (Å²) in [6, 6.07) is 5.59. The maximum absolute atomic E-state index is 12.4. The van der Waals surface area contributed by atoms with E-state index in [-0.39, 0.29) is 11.8 Å². The molecule has 0 saturated carbocycles. The largest absolute Gasteiger partial charge is 0.339 e. The monoisotopic (exact) mass is 278 g/mol. The van der Waals surface area contributed by atoms with Gasteiger partial charge in [-0.15, -0.1) is 12.6 Å². The van der Waals surface area contributed by atoms with Crippen LogP contribution in [-0.2, 0) is 4.79 Å². The summed E-state index contributed by atoms with van der Waals surface area (Å²) in [5.41, 5.74) is 1.65. The first-order valence-corrected chi connectivity index (χ1v) is 6.78. The molecule has 0 atom stereocenters. The molecule has 1 saturated heterocycles. The number of thiol groups is 1. The summed E-state index contributed by atoms with van der Waals surface area (Å²) in [6.45, 7) is 5.89. The van der Waals surface area contributed by atoms with Crippen LogP contribution in [0.15, 0.2) is 23.1 Å². The van der Waals surface area contributed by atoms with Crippen LogP contribution in [0.3, 0.4) is 0 Å². The highest BCUT2D eigenvalue weighted by Crippen LogP contribution is 2.17. The van der Waals surface area contributed by atoms with Gasteiger partial charge >= 0.3 is 0 Å². The third-order valence-electron chi connectivity index (χ3n) is 3.46. The number of hydrogen-bond donors (Lipinski definition) is 1. The van der Waals surface area contributed by atoms with Gasteiger partial charge in [0.25, 0.3) is 5.91 Å². The van der Waals surface area contributed by atoms with Crippen LogP contribution in [0.5, 0.6) is 0 Å². The van der Waals surface area contributed by atoms with Gasteiger partial charge < -0.3 is 9.80 Å². The average Bonchev–Trinajstić information content (AvgIpc) is 2.41. The Bertz CT molecular complexity index is 508. The van der Waals surface area contributed by atoms with Crippen molar-refractivity contribution in [3.63, 3.8) is 0 Å². The molecule has 0 bridgehead atoms. The molecule has 1 fully saturated rings. The van der Waals surface area contributed by atoms with Gasteiger partial charge in [0.2, 0.25) is 5.91 Å². The van der Waals surface area contributed by atoms with Gasteiger partial charge in [0.1, 0.15) is 0 Å². The van der Waals surface area contributed by atoms with Gasteiger partial charge in [-0.2, -0.15) is 0 Å². The van der Waals surface area contributed by atoms with Crippen molar-refractivity contribution in [2.24, 2.45) is 0 Å². The average molecular weight is 278 g/mol. The van der Waals surface area contributed by atoms with Crippen LogP contribution in [0.2, 0.25) is 0 Å². The normalized spacial score (nSPS) is 15.5. The molecule has 1 aromatic carbocycles. The van der Waals surface area contributed by atoms with Crippen molar-refractivity contribution in [3.8, 4) is 0 Å². The molecule has 1 aromatic rings. The summed E-state index contributed by atoms with van der Waals surface area (Å²) in [5, 5.41) is 0. The van der Waals surface area contributed by atoms with E-state index in [1.165, 1.54) is 0 Å². The van der Waals surface area contributed by atoms with Gasteiger partial charge in [0.05, 0.1) is 0 Å². The van der Waals surface area contributed by atoms with E-state index < -0.39 is 0 Å². The molecule has 102 valence electrons. The van der Waals surface area contributed by atoms with Gasteiger partial charge in [-0.25, -0.2) is 0 Å². The van der Waals surface area contributed by atoms with Crippen LogP contribution in [-0.4, -0.2) is 47.8 Å². The van der Waals surface area contributed by atoms with Crippen LogP contribution < -0.4 is 0 Å².